The second-order valence-corrected chi connectivity index (χ2v) is 2.61. The van der Waals surface area contributed by atoms with Crippen LogP contribution in [0.3, 0.4) is 0 Å². The molecule has 0 aliphatic carbocycles. The number of amides is 1. The predicted molar refractivity (Wildman–Crippen MR) is 50.4 cm³/mol. The van der Waals surface area contributed by atoms with Gasteiger partial charge >= 0.3 is 0 Å². The quantitative estimate of drug-likeness (QED) is 0.725. The average molecular weight is 195 g/mol. The van der Waals surface area contributed by atoms with Crippen LogP contribution in [0.2, 0.25) is 0 Å². The van der Waals surface area contributed by atoms with Gasteiger partial charge in [0.05, 0.1) is 12.2 Å². The molecule has 0 aliphatic heterocycles. The number of hydrogen-bond acceptors (Lipinski definition) is 4. The van der Waals surface area contributed by atoms with E-state index in [1.807, 2.05) is 6.92 Å². The van der Waals surface area contributed by atoms with E-state index in [4.69, 9.17) is 4.74 Å². The molecule has 0 atom stereocenters. The number of hydrogen-bond donors (Lipinski definition) is 1. The fraction of sp³-hybridized carbons (Fsp3) is 0.444. The summed E-state index contributed by atoms with van der Waals surface area (Å²) in [6.45, 7) is 2.90. The molecule has 0 spiro atoms. The first-order valence-electron chi connectivity index (χ1n) is 4.42. The Morgan fingerprint density at radius 2 is 2.50 bits per heavy atom. The zero-order valence-corrected chi connectivity index (χ0v) is 8.06. The number of carbonyl (C=O) groups is 1. The van der Waals surface area contributed by atoms with Gasteiger partial charge in [0.15, 0.2) is 0 Å². The molecule has 0 unspecified atom stereocenters. The van der Waals surface area contributed by atoms with Crippen molar-refractivity contribution >= 4 is 5.91 Å². The Labute approximate surface area is 82.5 Å². The number of aromatic nitrogens is 2. The zero-order chi connectivity index (χ0) is 10.2. The van der Waals surface area contributed by atoms with E-state index in [0.29, 0.717) is 13.2 Å². The Hall–Kier alpha value is -1.49. The third kappa shape index (κ3) is 3.95. The highest BCUT2D eigenvalue weighted by Crippen LogP contribution is 1.89. The maximum absolute atomic E-state index is 11.1. The molecule has 1 heterocycles. The summed E-state index contributed by atoms with van der Waals surface area (Å²) in [5.41, 5.74) is 0.782. The first-order chi connectivity index (χ1) is 6.83. The van der Waals surface area contributed by atoms with Crippen LogP contribution in [0.4, 0.5) is 0 Å². The van der Waals surface area contributed by atoms with Gasteiger partial charge in [-0.15, -0.1) is 0 Å². The summed E-state index contributed by atoms with van der Waals surface area (Å²) in [5, 5.41) is 2.68. The molecule has 1 aromatic heterocycles. The summed E-state index contributed by atoms with van der Waals surface area (Å²) < 4.78 is 4.94. The van der Waals surface area contributed by atoms with Crippen molar-refractivity contribution in [2.24, 2.45) is 0 Å². The van der Waals surface area contributed by atoms with Gasteiger partial charge in [-0.25, -0.2) is 9.97 Å². The summed E-state index contributed by atoms with van der Waals surface area (Å²) in [5.74, 6) is -0.134. The van der Waals surface area contributed by atoms with E-state index in [9.17, 15) is 4.79 Å². The van der Waals surface area contributed by atoms with Crippen LogP contribution in [-0.2, 0) is 16.1 Å². The molecule has 0 bridgehead atoms. The van der Waals surface area contributed by atoms with Crippen LogP contribution in [0.25, 0.3) is 0 Å². The van der Waals surface area contributed by atoms with E-state index in [0.717, 1.165) is 5.69 Å². The second kappa shape index (κ2) is 6.04. The highest BCUT2D eigenvalue weighted by molar-refractivity contribution is 5.77. The molecule has 1 N–H and O–H groups in total. The minimum Gasteiger partial charge on any atom is -0.372 e. The summed E-state index contributed by atoms with van der Waals surface area (Å²) in [6.07, 6.45) is 3.08. The number of rotatable bonds is 5. The number of ether oxygens (including phenoxy) is 1. The van der Waals surface area contributed by atoms with E-state index in [-0.39, 0.29) is 12.5 Å². The highest BCUT2D eigenvalue weighted by atomic mass is 16.5. The predicted octanol–water partition coefficient (Wildman–Crippen LogP) is 0.129. The monoisotopic (exact) mass is 195 g/mol. The van der Waals surface area contributed by atoms with Crippen LogP contribution in [0.5, 0.6) is 0 Å². The first kappa shape index (κ1) is 10.6. The van der Waals surface area contributed by atoms with Gasteiger partial charge in [-0.1, -0.05) is 0 Å². The molecule has 1 aromatic rings. The highest BCUT2D eigenvalue weighted by Gasteiger charge is 2.00. The van der Waals surface area contributed by atoms with E-state index in [1.54, 1.807) is 12.3 Å². The van der Waals surface area contributed by atoms with E-state index in [2.05, 4.69) is 15.3 Å². The summed E-state index contributed by atoms with van der Waals surface area (Å²) in [7, 11) is 0. The summed E-state index contributed by atoms with van der Waals surface area (Å²) in [4.78, 5) is 18.8. The fourth-order valence-electron chi connectivity index (χ4n) is 0.858. The zero-order valence-electron chi connectivity index (χ0n) is 8.06. The Balaban J connectivity index is 2.24. The third-order valence-electron chi connectivity index (χ3n) is 1.55. The molecule has 0 radical (unpaired) electrons. The van der Waals surface area contributed by atoms with Crippen molar-refractivity contribution < 1.29 is 9.53 Å². The molecular formula is C9H13N3O2. The molecule has 0 fully saturated rings. The van der Waals surface area contributed by atoms with Crippen LogP contribution in [0.1, 0.15) is 12.6 Å². The van der Waals surface area contributed by atoms with Crippen molar-refractivity contribution in [3.63, 3.8) is 0 Å². The Bertz CT molecular complexity index is 277. The normalized spacial score (nSPS) is 9.79. The Kier molecular flexibility index (Phi) is 4.57. The van der Waals surface area contributed by atoms with Gasteiger partial charge in [0.2, 0.25) is 5.91 Å². The van der Waals surface area contributed by atoms with E-state index in [1.165, 1.54) is 6.33 Å². The Morgan fingerprint density at radius 1 is 1.64 bits per heavy atom. The topological polar surface area (TPSA) is 64.1 Å². The minimum absolute atomic E-state index is 0.0988. The standard InChI is InChI=1S/C9H13N3O2/c1-2-14-6-9(13)11-5-8-3-4-10-7-12-8/h3-4,7H,2,5-6H2,1H3,(H,11,13). The maximum Gasteiger partial charge on any atom is 0.246 e. The van der Waals surface area contributed by atoms with Crippen LogP contribution >= 0.6 is 0 Å². The smallest absolute Gasteiger partial charge is 0.246 e. The van der Waals surface area contributed by atoms with Gasteiger partial charge in [-0.3, -0.25) is 4.79 Å². The Morgan fingerprint density at radius 3 is 3.14 bits per heavy atom. The largest absolute Gasteiger partial charge is 0.372 e. The lowest BCUT2D eigenvalue weighted by Gasteiger charge is -2.03. The van der Waals surface area contributed by atoms with Gasteiger partial charge in [-0.05, 0) is 13.0 Å². The van der Waals surface area contributed by atoms with Crippen molar-refractivity contribution in [1.29, 1.82) is 0 Å². The van der Waals surface area contributed by atoms with Crippen molar-refractivity contribution in [3.05, 3.63) is 24.3 Å². The molecule has 1 rings (SSSR count). The molecule has 0 saturated carbocycles. The number of nitrogens with one attached hydrogen (secondary N) is 1. The third-order valence-corrected chi connectivity index (χ3v) is 1.55. The van der Waals surface area contributed by atoms with Crippen molar-refractivity contribution in [2.45, 2.75) is 13.5 Å². The van der Waals surface area contributed by atoms with Crippen molar-refractivity contribution in [3.8, 4) is 0 Å². The van der Waals surface area contributed by atoms with Gasteiger partial charge in [0.25, 0.3) is 0 Å². The molecule has 0 saturated heterocycles. The lowest BCUT2D eigenvalue weighted by molar-refractivity contribution is -0.125. The maximum atomic E-state index is 11.1. The lowest BCUT2D eigenvalue weighted by Crippen LogP contribution is -2.27. The van der Waals surface area contributed by atoms with Gasteiger partial charge in [0, 0.05) is 12.8 Å². The lowest BCUT2D eigenvalue weighted by atomic mass is 10.4. The molecule has 0 aliphatic rings. The molecule has 0 aromatic carbocycles. The summed E-state index contributed by atoms with van der Waals surface area (Å²) >= 11 is 0. The van der Waals surface area contributed by atoms with Crippen LogP contribution in [0.15, 0.2) is 18.6 Å². The summed E-state index contributed by atoms with van der Waals surface area (Å²) in [6, 6.07) is 1.75. The van der Waals surface area contributed by atoms with Crippen molar-refractivity contribution in [2.75, 3.05) is 13.2 Å². The minimum atomic E-state index is -0.134. The molecule has 14 heavy (non-hydrogen) atoms. The van der Waals surface area contributed by atoms with Gasteiger partial charge in [-0.2, -0.15) is 0 Å². The molecule has 5 heteroatoms. The van der Waals surface area contributed by atoms with Crippen LogP contribution in [0, 0.1) is 0 Å². The van der Waals surface area contributed by atoms with E-state index < -0.39 is 0 Å². The molecular weight excluding hydrogens is 182 g/mol. The number of nitrogens with zero attached hydrogens (tertiary/aromatic N) is 2. The van der Waals surface area contributed by atoms with E-state index >= 15 is 0 Å². The van der Waals surface area contributed by atoms with Crippen LogP contribution in [-0.4, -0.2) is 29.1 Å². The van der Waals surface area contributed by atoms with Gasteiger partial charge < -0.3 is 10.1 Å². The number of carbonyl (C=O) groups excluding carboxylic acids is 1. The van der Waals surface area contributed by atoms with Gasteiger partial charge in [0.1, 0.15) is 12.9 Å². The molecule has 1 amide bonds. The fourth-order valence-corrected chi connectivity index (χ4v) is 0.858. The SMILES string of the molecule is CCOCC(=O)NCc1ccncn1. The molecule has 76 valence electrons. The van der Waals surface area contributed by atoms with Crippen LogP contribution < -0.4 is 5.32 Å². The second-order valence-electron chi connectivity index (χ2n) is 2.61. The average Bonchev–Trinajstić information content (AvgIpc) is 2.25. The first-order valence-corrected chi connectivity index (χ1v) is 4.42. The van der Waals surface area contributed by atoms with Crippen molar-refractivity contribution in [1.82, 2.24) is 15.3 Å². The molecule has 5 nitrogen and oxygen atoms in total.